The first-order valence-electron chi connectivity index (χ1n) is 5.57. The van der Waals surface area contributed by atoms with Crippen LogP contribution in [0.2, 0.25) is 5.28 Å². The Morgan fingerprint density at radius 3 is 2.74 bits per heavy atom. The maximum Gasteiger partial charge on any atom is 0.321 e. The van der Waals surface area contributed by atoms with Crippen molar-refractivity contribution in [3.63, 3.8) is 0 Å². The maximum atomic E-state index is 5.87. The molecule has 0 unspecified atom stereocenters. The molecule has 0 radical (unpaired) electrons. The van der Waals surface area contributed by atoms with Crippen LogP contribution in [0.25, 0.3) is 22.3 Å². The van der Waals surface area contributed by atoms with Gasteiger partial charge in [-0.1, -0.05) is 18.2 Å². The minimum Gasteiger partial charge on any atom is -0.467 e. The SMILES string of the molecule is COc1nc(Cl)nc(-c2cccc3cccnc23)n1. The van der Waals surface area contributed by atoms with Crippen LogP contribution in [0.15, 0.2) is 36.5 Å². The van der Waals surface area contributed by atoms with E-state index in [0.717, 1.165) is 16.5 Å². The molecule has 0 aliphatic carbocycles. The van der Waals surface area contributed by atoms with Crippen molar-refractivity contribution in [2.75, 3.05) is 7.11 Å². The molecular weight excluding hydrogens is 264 g/mol. The molecule has 0 aliphatic rings. The summed E-state index contributed by atoms with van der Waals surface area (Å²) in [6, 6.07) is 9.83. The molecule has 0 saturated carbocycles. The zero-order valence-corrected chi connectivity index (χ0v) is 10.8. The van der Waals surface area contributed by atoms with Gasteiger partial charge in [-0.25, -0.2) is 0 Å². The Kier molecular flexibility index (Phi) is 2.97. The lowest BCUT2D eigenvalue weighted by Gasteiger charge is -2.05. The average molecular weight is 273 g/mol. The summed E-state index contributed by atoms with van der Waals surface area (Å²) in [5, 5.41) is 1.10. The largest absolute Gasteiger partial charge is 0.467 e. The van der Waals surface area contributed by atoms with Gasteiger partial charge in [0.15, 0.2) is 5.82 Å². The highest BCUT2D eigenvalue weighted by atomic mass is 35.5. The Balaban J connectivity index is 2.27. The van der Waals surface area contributed by atoms with Crippen LogP contribution in [0.4, 0.5) is 0 Å². The van der Waals surface area contributed by atoms with E-state index >= 15 is 0 Å². The number of para-hydroxylation sites is 1. The Bertz CT molecular complexity index is 742. The molecule has 2 aromatic heterocycles. The summed E-state index contributed by atoms with van der Waals surface area (Å²) < 4.78 is 5.00. The van der Waals surface area contributed by atoms with Crippen molar-refractivity contribution in [2.24, 2.45) is 0 Å². The van der Waals surface area contributed by atoms with Crippen molar-refractivity contribution in [2.45, 2.75) is 0 Å². The molecular formula is C13H9ClN4O. The van der Waals surface area contributed by atoms with Crippen LogP contribution in [0.3, 0.4) is 0 Å². The van der Waals surface area contributed by atoms with Crippen LogP contribution < -0.4 is 4.74 Å². The Hall–Kier alpha value is -2.27. The highest BCUT2D eigenvalue weighted by molar-refractivity contribution is 6.28. The lowest BCUT2D eigenvalue weighted by Crippen LogP contribution is -1.98. The predicted molar refractivity (Wildman–Crippen MR) is 72.1 cm³/mol. The predicted octanol–water partition coefficient (Wildman–Crippen LogP) is 2.75. The van der Waals surface area contributed by atoms with E-state index in [9.17, 15) is 0 Å². The normalized spacial score (nSPS) is 10.6. The molecule has 19 heavy (non-hydrogen) atoms. The van der Waals surface area contributed by atoms with Crippen LogP contribution in [0, 0.1) is 0 Å². The average Bonchev–Trinajstić information content (AvgIpc) is 2.46. The van der Waals surface area contributed by atoms with Crippen molar-refractivity contribution in [3.8, 4) is 17.4 Å². The number of hydrogen-bond acceptors (Lipinski definition) is 5. The van der Waals surface area contributed by atoms with E-state index in [-0.39, 0.29) is 11.3 Å². The van der Waals surface area contributed by atoms with Gasteiger partial charge in [-0.2, -0.15) is 15.0 Å². The first-order valence-corrected chi connectivity index (χ1v) is 5.95. The van der Waals surface area contributed by atoms with Gasteiger partial charge in [0.25, 0.3) is 0 Å². The molecule has 0 saturated heterocycles. The molecule has 0 amide bonds. The first-order chi connectivity index (χ1) is 9.28. The van der Waals surface area contributed by atoms with Crippen LogP contribution in [0.1, 0.15) is 0 Å². The number of hydrogen-bond donors (Lipinski definition) is 0. The van der Waals surface area contributed by atoms with Crippen molar-refractivity contribution in [1.82, 2.24) is 19.9 Å². The second kappa shape index (κ2) is 4.78. The fourth-order valence-corrected chi connectivity index (χ4v) is 1.98. The highest BCUT2D eigenvalue weighted by Crippen LogP contribution is 2.25. The van der Waals surface area contributed by atoms with E-state index in [1.54, 1.807) is 6.20 Å². The lowest BCUT2D eigenvalue weighted by molar-refractivity contribution is 0.379. The zero-order chi connectivity index (χ0) is 13.2. The first kappa shape index (κ1) is 11.8. The molecule has 3 rings (SSSR count). The van der Waals surface area contributed by atoms with Gasteiger partial charge in [-0.3, -0.25) is 4.98 Å². The van der Waals surface area contributed by atoms with Crippen molar-refractivity contribution >= 4 is 22.5 Å². The number of halogens is 1. The molecule has 0 fully saturated rings. The number of benzene rings is 1. The number of methoxy groups -OCH3 is 1. The van der Waals surface area contributed by atoms with E-state index in [0.29, 0.717) is 5.82 Å². The number of pyridine rings is 1. The second-order valence-electron chi connectivity index (χ2n) is 3.80. The van der Waals surface area contributed by atoms with Gasteiger partial charge in [-0.05, 0) is 23.7 Å². The second-order valence-corrected chi connectivity index (χ2v) is 4.13. The summed E-state index contributed by atoms with van der Waals surface area (Å²) in [6.07, 6.45) is 1.73. The van der Waals surface area contributed by atoms with E-state index in [1.165, 1.54) is 7.11 Å². The van der Waals surface area contributed by atoms with E-state index in [1.807, 2.05) is 30.3 Å². The van der Waals surface area contributed by atoms with Gasteiger partial charge < -0.3 is 4.74 Å². The van der Waals surface area contributed by atoms with Crippen LogP contribution >= 0.6 is 11.6 Å². The van der Waals surface area contributed by atoms with Crippen molar-refractivity contribution in [3.05, 3.63) is 41.8 Å². The van der Waals surface area contributed by atoms with Gasteiger partial charge in [0.05, 0.1) is 12.6 Å². The van der Waals surface area contributed by atoms with Gasteiger partial charge in [0.2, 0.25) is 5.28 Å². The van der Waals surface area contributed by atoms with Gasteiger partial charge in [0, 0.05) is 17.1 Å². The highest BCUT2D eigenvalue weighted by Gasteiger charge is 2.11. The molecule has 3 aromatic rings. The summed E-state index contributed by atoms with van der Waals surface area (Å²) in [5.41, 5.74) is 1.61. The van der Waals surface area contributed by atoms with E-state index in [4.69, 9.17) is 16.3 Å². The molecule has 2 heterocycles. The molecule has 5 nitrogen and oxygen atoms in total. The summed E-state index contributed by atoms with van der Waals surface area (Å²) in [4.78, 5) is 16.5. The third-order valence-corrected chi connectivity index (χ3v) is 2.81. The lowest BCUT2D eigenvalue weighted by atomic mass is 10.1. The summed E-state index contributed by atoms with van der Waals surface area (Å²) in [5.74, 6) is 0.446. The maximum absolute atomic E-state index is 5.87. The molecule has 0 bridgehead atoms. The smallest absolute Gasteiger partial charge is 0.321 e. The summed E-state index contributed by atoms with van der Waals surface area (Å²) in [7, 11) is 1.48. The Labute approximate surface area is 114 Å². The standard InChI is InChI=1S/C13H9ClN4O/c1-19-13-17-11(16-12(14)18-13)9-6-2-4-8-5-3-7-15-10(8)9/h2-7H,1H3. The molecule has 94 valence electrons. The third kappa shape index (κ3) is 2.20. The molecule has 0 aliphatic heterocycles. The number of nitrogens with zero attached hydrogens (tertiary/aromatic N) is 4. The van der Waals surface area contributed by atoms with Gasteiger partial charge in [0.1, 0.15) is 0 Å². The van der Waals surface area contributed by atoms with Crippen LogP contribution in [0.5, 0.6) is 6.01 Å². The van der Waals surface area contributed by atoms with Crippen LogP contribution in [-0.2, 0) is 0 Å². The Morgan fingerprint density at radius 2 is 1.89 bits per heavy atom. The number of aromatic nitrogens is 4. The minimum absolute atomic E-state index is 0.0924. The quantitative estimate of drug-likeness (QED) is 0.718. The minimum atomic E-state index is 0.0924. The molecule has 1 aromatic carbocycles. The molecule has 6 heteroatoms. The summed E-state index contributed by atoms with van der Waals surface area (Å²) in [6.45, 7) is 0. The fourth-order valence-electron chi connectivity index (χ4n) is 1.83. The van der Waals surface area contributed by atoms with Gasteiger partial charge >= 0.3 is 6.01 Å². The van der Waals surface area contributed by atoms with Crippen molar-refractivity contribution in [1.29, 1.82) is 0 Å². The molecule has 0 spiro atoms. The Morgan fingerprint density at radius 1 is 1.05 bits per heavy atom. The molecule has 0 atom stereocenters. The van der Waals surface area contributed by atoms with Crippen LogP contribution in [-0.4, -0.2) is 27.0 Å². The van der Waals surface area contributed by atoms with E-state index in [2.05, 4.69) is 19.9 Å². The number of ether oxygens (including phenoxy) is 1. The van der Waals surface area contributed by atoms with Gasteiger partial charge in [-0.15, -0.1) is 0 Å². The van der Waals surface area contributed by atoms with E-state index < -0.39 is 0 Å². The number of fused-ring (bicyclic) bond motifs is 1. The fraction of sp³-hybridized carbons (Fsp3) is 0.0769. The van der Waals surface area contributed by atoms with Crippen molar-refractivity contribution < 1.29 is 4.74 Å². The number of rotatable bonds is 2. The monoisotopic (exact) mass is 272 g/mol. The topological polar surface area (TPSA) is 60.8 Å². The third-order valence-electron chi connectivity index (χ3n) is 2.64. The molecule has 0 N–H and O–H groups in total. The zero-order valence-electron chi connectivity index (χ0n) is 10.0. The summed E-state index contributed by atoms with van der Waals surface area (Å²) >= 11 is 5.87.